The largest absolute Gasteiger partial charge is 0.484 e. The fourth-order valence-corrected chi connectivity index (χ4v) is 4.21. The first kappa shape index (κ1) is 17.3. The minimum atomic E-state index is 0.0348. The lowest BCUT2D eigenvalue weighted by Gasteiger charge is -2.19. The number of carbonyl (C=O) groups is 1. The number of fused-ring (bicyclic) bond motifs is 3. The van der Waals surface area contributed by atoms with Crippen LogP contribution in [-0.4, -0.2) is 53.5 Å². The lowest BCUT2D eigenvalue weighted by molar-refractivity contribution is 0.0962. The number of ketones is 1. The van der Waals surface area contributed by atoms with Gasteiger partial charge in [-0.3, -0.25) is 4.79 Å². The average Bonchev–Trinajstić information content (AvgIpc) is 3.42. The molecular formula is C22H23N3O3. The standard InChI is InChI=1S/C22H23N3O3/c26-18(8-11-25-10-7-16(14-25)15-4-2-1-3-5-15)20-19-17(6-9-23-19)21-22(24-20)28-13-12-27-21/h1-6,9,16,23H,7-8,10-14H2. The number of aromatic nitrogens is 2. The van der Waals surface area contributed by atoms with Crippen LogP contribution in [0.3, 0.4) is 0 Å². The second-order valence-electron chi connectivity index (χ2n) is 7.43. The van der Waals surface area contributed by atoms with E-state index in [9.17, 15) is 4.79 Å². The minimum absolute atomic E-state index is 0.0348. The van der Waals surface area contributed by atoms with Crippen molar-refractivity contribution >= 4 is 16.7 Å². The zero-order chi connectivity index (χ0) is 18.9. The molecule has 0 amide bonds. The zero-order valence-corrected chi connectivity index (χ0v) is 15.7. The monoisotopic (exact) mass is 377 g/mol. The van der Waals surface area contributed by atoms with E-state index in [-0.39, 0.29) is 5.78 Å². The van der Waals surface area contributed by atoms with E-state index in [2.05, 4.69) is 45.2 Å². The van der Waals surface area contributed by atoms with Gasteiger partial charge in [0.15, 0.2) is 11.5 Å². The number of carbonyl (C=O) groups excluding carboxylic acids is 1. The number of Topliss-reactive ketones (excluding diaryl/α,β-unsaturated/α-hetero) is 1. The van der Waals surface area contributed by atoms with Crippen molar-refractivity contribution in [2.75, 3.05) is 32.8 Å². The molecule has 144 valence electrons. The summed E-state index contributed by atoms with van der Waals surface area (Å²) in [4.78, 5) is 22.9. The number of hydrogen-bond acceptors (Lipinski definition) is 5. The Morgan fingerprint density at radius 2 is 2.04 bits per heavy atom. The first-order valence-corrected chi connectivity index (χ1v) is 9.87. The number of likely N-dealkylation sites (tertiary alicyclic amines) is 1. The molecule has 0 bridgehead atoms. The minimum Gasteiger partial charge on any atom is -0.484 e. The Bertz CT molecular complexity index is 999. The molecule has 2 aromatic heterocycles. The SMILES string of the molecule is O=C(CCN1CCC(c2ccccc2)C1)c1nc2c(c3cc[nH]c13)OCCO2. The Morgan fingerprint density at radius 3 is 2.93 bits per heavy atom. The predicted octanol–water partition coefficient (Wildman–Crippen LogP) is 3.40. The summed E-state index contributed by atoms with van der Waals surface area (Å²) in [6.45, 7) is 3.74. The van der Waals surface area contributed by atoms with E-state index in [1.807, 2.05) is 12.3 Å². The number of ether oxygens (including phenoxy) is 2. The molecule has 1 saturated heterocycles. The number of aromatic amines is 1. The van der Waals surface area contributed by atoms with Crippen LogP contribution < -0.4 is 9.47 Å². The predicted molar refractivity (Wildman–Crippen MR) is 106 cm³/mol. The van der Waals surface area contributed by atoms with Crippen LogP contribution in [0.15, 0.2) is 42.6 Å². The first-order valence-electron chi connectivity index (χ1n) is 9.87. The Labute approximate surface area is 163 Å². The van der Waals surface area contributed by atoms with E-state index in [1.54, 1.807) is 0 Å². The van der Waals surface area contributed by atoms with Crippen LogP contribution in [0.5, 0.6) is 11.6 Å². The van der Waals surface area contributed by atoms with E-state index in [1.165, 1.54) is 5.56 Å². The maximum absolute atomic E-state index is 12.9. The molecule has 0 radical (unpaired) electrons. The molecule has 6 nitrogen and oxygen atoms in total. The quantitative estimate of drug-likeness (QED) is 0.691. The van der Waals surface area contributed by atoms with Crippen LogP contribution in [0.4, 0.5) is 0 Å². The molecule has 5 rings (SSSR count). The molecule has 28 heavy (non-hydrogen) atoms. The summed E-state index contributed by atoms with van der Waals surface area (Å²) in [6.07, 6.45) is 3.40. The molecule has 1 N–H and O–H groups in total. The van der Waals surface area contributed by atoms with Crippen LogP contribution >= 0.6 is 0 Å². The van der Waals surface area contributed by atoms with Crippen LogP contribution in [0.25, 0.3) is 10.9 Å². The zero-order valence-electron chi connectivity index (χ0n) is 15.7. The lowest BCUT2D eigenvalue weighted by Crippen LogP contribution is -2.24. The van der Waals surface area contributed by atoms with Crippen LogP contribution in [0.1, 0.15) is 34.8 Å². The molecule has 1 atom stereocenters. The highest BCUT2D eigenvalue weighted by Gasteiger charge is 2.26. The van der Waals surface area contributed by atoms with Crippen molar-refractivity contribution in [2.45, 2.75) is 18.8 Å². The van der Waals surface area contributed by atoms with Gasteiger partial charge >= 0.3 is 0 Å². The fraction of sp³-hybridized carbons (Fsp3) is 0.364. The number of rotatable bonds is 5. The van der Waals surface area contributed by atoms with Gasteiger partial charge in [-0.05, 0) is 30.5 Å². The normalized spacial score (nSPS) is 19.2. The number of pyridine rings is 1. The number of H-pyrrole nitrogens is 1. The van der Waals surface area contributed by atoms with Gasteiger partial charge in [-0.2, -0.15) is 0 Å². The summed E-state index contributed by atoms with van der Waals surface area (Å²) in [6, 6.07) is 12.5. The Balaban J connectivity index is 1.28. The van der Waals surface area contributed by atoms with E-state index in [0.717, 1.165) is 37.0 Å². The van der Waals surface area contributed by atoms with Crippen molar-refractivity contribution in [3.63, 3.8) is 0 Å². The molecule has 2 aliphatic rings. The van der Waals surface area contributed by atoms with Gasteiger partial charge in [0.25, 0.3) is 5.88 Å². The third kappa shape index (κ3) is 3.14. The molecule has 0 saturated carbocycles. The van der Waals surface area contributed by atoms with Gasteiger partial charge < -0.3 is 19.4 Å². The molecular weight excluding hydrogens is 354 g/mol. The number of benzene rings is 1. The van der Waals surface area contributed by atoms with Crippen molar-refractivity contribution in [1.29, 1.82) is 0 Å². The molecule has 1 fully saturated rings. The molecule has 2 aliphatic heterocycles. The Kier molecular flexibility index (Phi) is 4.49. The van der Waals surface area contributed by atoms with Crippen LogP contribution in [0, 0.1) is 0 Å². The highest BCUT2D eigenvalue weighted by atomic mass is 16.6. The summed E-state index contributed by atoms with van der Waals surface area (Å²) < 4.78 is 11.3. The highest BCUT2D eigenvalue weighted by molar-refractivity contribution is 6.07. The van der Waals surface area contributed by atoms with E-state index in [0.29, 0.717) is 42.9 Å². The molecule has 1 aromatic carbocycles. The smallest absolute Gasteiger partial charge is 0.258 e. The van der Waals surface area contributed by atoms with Gasteiger partial charge in [-0.1, -0.05) is 30.3 Å². The third-order valence-corrected chi connectivity index (χ3v) is 5.67. The van der Waals surface area contributed by atoms with Gasteiger partial charge in [0.2, 0.25) is 0 Å². The molecule has 0 spiro atoms. The van der Waals surface area contributed by atoms with Crippen LogP contribution in [0.2, 0.25) is 0 Å². The lowest BCUT2D eigenvalue weighted by atomic mass is 9.99. The first-order chi connectivity index (χ1) is 13.8. The molecule has 6 heteroatoms. The summed E-state index contributed by atoms with van der Waals surface area (Å²) in [5, 5.41) is 0.860. The van der Waals surface area contributed by atoms with Crippen molar-refractivity contribution in [3.8, 4) is 11.6 Å². The summed E-state index contributed by atoms with van der Waals surface area (Å²) >= 11 is 0. The summed E-state index contributed by atoms with van der Waals surface area (Å²) in [7, 11) is 0. The molecule has 3 aromatic rings. The van der Waals surface area contributed by atoms with E-state index in [4.69, 9.17) is 9.47 Å². The Morgan fingerprint density at radius 1 is 1.18 bits per heavy atom. The van der Waals surface area contributed by atoms with Gasteiger partial charge in [0.05, 0.1) is 5.52 Å². The summed E-state index contributed by atoms with van der Waals surface area (Å²) in [5.41, 5.74) is 2.57. The maximum Gasteiger partial charge on any atom is 0.258 e. The molecule has 4 heterocycles. The van der Waals surface area contributed by atoms with E-state index >= 15 is 0 Å². The van der Waals surface area contributed by atoms with Crippen LogP contribution in [-0.2, 0) is 0 Å². The molecule has 0 aliphatic carbocycles. The van der Waals surface area contributed by atoms with Gasteiger partial charge in [-0.15, -0.1) is 0 Å². The number of hydrogen-bond donors (Lipinski definition) is 1. The fourth-order valence-electron chi connectivity index (χ4n) is 4.21. The van der Waals surface area contributed by atoms with E-state index < -0.39 is 0 Å². The van der Waals surface area contributed by atoms with Gasteiger partial charge in [0, 0.05) is 31.1 Å². The third-order valence-electron chi connectivity index (χ3n) is 5.67. The summed E-state index contributed by atoms with van der Waals surface area (Å²) in [5.74, 6) is 1.64. The van der Waals surface area contributed by atoms with Gasteiger partial charge in [0.1, 0.15) is 18.9 Å². The topological polar surface area (TPSA) is 67.5 Å². The number of nitrogens with one attached hydrogen (secondary N) is 1. The van der Waals surface area contributed by atoms with Crippen molar-refractivity contribution in [2.24, 2.45) is 0 Å². The highest BCUT2D eigenvalue weighted by Crippen LogP contribution is 2.37. The maximum atomic E-state index is 12.9. The Hall–Kier alpha value is -2.86. The number of nitrogens with zero attached hydrogens (tertiary/aromatic N) is 2. The molecule has 1 unspecified atom stereocenters. The average molecular weight is 377 g/mol. The van der Waals surface area contributed by atoms with Crippen molar-refractivity contribution in [3.05, 3.63) is 53.9 Å². The second kappa shape index (κ2) is 7.28. The van der Waals surface area contributed by atoms with Gasteiger partial charge in [-0.25, -0.2) is 4.98 Å². The van der Waals surface area contributed by atoms with Crippen molar-refractivity contribution < 1.29 is 14.3 Å². The van der Waals surface area contributed by atoms with Crippen molar-refractivity contribution in [1.82, 2.24) is 14.9 Å². The second-order valence-corrected chi connectivity index (χ2v) is 7.43.